The first-order valence-corrected chi connectivity index (χ1v) is 5.72. The Hall–Kier alpha value is -0.120. The summed E-state index contributed by atoms with van der Waals surface area (Å²) in [4.78, 5) is 2.32. The third kappa shape index (κ3) is 4.94. The van der Waals surface area contributed by atoms with Crippen molar-refractivity contribution in [1.82, 2.24) is 4.90 Å². The summed E-state index contributed by atoms with van der Waals surface area (Å²) in [6.07, 6.45) is 3.82. The monoisotopic (exact) mass is 200 g/mol. The van der Waals surface area contributed by atoms with Crippen LogP contribution in [0, 0.1) is 5.92 Å². The second-order valence-electron chi connectivity index (χ2n) is 4.43. The van der Waals surface area contributed by atoms with E-state index in [1.165, 1.54) is 12.8 Å². The van der Waals surface area contributed by atoms with Crippen LogP contribution in [0.1, 0.15) is 26.2 Å². The molecule has 1 atom stereocenters. The van der Waals surface area contributed by atoms with E-state index in [-0.39, 0.29) is 0 Å². The number of ether oxygens (including phenoxy) is 1. The lowest BCUT2D eigenvalue weighted by molar-refractivity contribution is 0.0927. The smallest absolute Gasteiger partial charge is 0.0593 e. The van der Waals surface area contributed by atoms with Gasteiger partial charge in [0, 0.05) is 19.2 Å². The van der Waals surface area contributed by atoms with E-state index in [4.69, 9.17) is 10.5 Å². The summed E-state index contributed by atoms with van der Waals surface area (Å²) in [5, 5.41) is 0. The van der Waals surface area contributed by atoms with Crippen molar-refractivity contribution in [2.45, 2.75) is 32.2 Å². The molecule has 1 rings (SSSR count). The van der Waals surface area contributed by atoms with Crippen molar-refractivity contribution in [3.8, 4) is 0 Å². The minimum atomic E-state index is 0.574. The molecule has 1 aliphatic carbocycles. The minimum absolute atomic E-state index is 0.574. The van der Waals surface area contributed by atoms with E-state index in [1.54, 1.807) is 0 Å². The largest absolute Gasteiger partial charge is 0.380 e. The normalized spacial score (nSPS) is 18.9. The molecule has 0 aromatic rings. The lowest BCUT2D eigenvalue weighted by Gasteiger charge is -2.23. The van der Waals surface area contributed by atoms with E-state index in [0.717, 1.165) is 38.6 Å². The molecule has 0 amide bonds. The van der Waals surface area contributed by atoms with Crippen molar-refractivity contribution in [1.29, 1.82) is 0 Å². The highest BCUT2D eigenvalue weighted by Crippen LogP contribution is 2.28. The van der Waals surface area contributed by atoms with Crippen LogP contribution in [0.25, 0.3) is 0 Å². The molecule has 2 N–H and O–H groups in total. The van der Waals surface area contributed by atoms with Crippen molar-refractivity contribution in [3.05, 3.63) is 0 Å². The van der Waals surface area contributed by atoms with Gasteiger partial charge in [-0.1, -0.05) is 0 Å². The van der Waals surface area contributed by atoms with E-state index < -0.39 is 0 Å². The molecule has 1 saturated carbocycles. The van der Waals surface area contributed by atoms with Crippen LogP contribution >= 0.6 is 0 Å². The molecule has 0 aromatic carbocycles. The maximum absolute atomic E-state index is 5.58. The van der Waals surface area contributed by atoms with Crippen molar-refractivity contribution < 1.29 is 4.74 Å². The fraction of sp³-hybridized carbons (Fsp3) is 1.00. The van der Waals surface area contributed by atoms with Gasteiger partial charge in [-0.3, -0.25) is 0 Å². The van der Waals surface area contributed by atoms with E-state index in [1.807, 2.05) is 0 Å². The Kier molecular flexibility index (Phi) is 5.45. The zero-order valence-electron chi connectivity index (χ0n) is 9.54. The van der Waals surface area contributed by atoms with Gasteiger partial charge in [-0.25, -0.2) is 0 Å². The Morgan fingerprint density at radius 3 is 2.79 bits per heavy atom. The third-order valence-electron chi connectivity index (χ3n) is 2.98. The first kappa shape index (κ1) is 12.0. The van der Waals surface area contributed by atoms with Crippen LogP contribution in [0.4, 0.5) is 0 Å². The van der Waals surface area contributed by atoms with Crippen molar-refractivity contribution >= 4 is 0 Å². The van der Waals surface area contributed by atoms with E-state index in [0.29, 0.717) is 6.04 Å². The summed E-state index contributed by atoms with van der Waals surface area (Å²) in [5.74, 6) is 0.877. The van der Waals surface area contributed by atoms with Gasteiger partial charge in [0.05, 0.1) is 6.61 Å². The SMILES string of the molecule is CC(CCN)N(C)CCOCC1CC1. The molecule has 14 heavy (non-hydrogen) atoms. The topological polar surface area (TPSA) is 38.5 Å². The van der Waals surface area contributed by atoms with Crippen LogP contribution < -0.4 is 5.73 Å². The van der Waals surface area contributed by atoms with Crippen LogP contribution in [0.15, 0.2) is 0 Å². The average molecular weight is 200 g/mol. The van der Waals surface area contributed by atoms with Crippen molar-refractivity contribution in [2.75, 3.05) is 33.4 Å². The van der Waals surface area contributed by atoms with Gasteiger partial charge in [0.1, 0.15) is 0 Å². The molecule has 0 aromatic heterocycles. The quantitative estimate of drug-likeness (QED) is 0.596. The summed E-state index contributed by atoms with van der Waals surface area (Å²) in [6.45, 7) is 5.84. The van der Waals surface area contributed by atoms with Crippen LogP contribution in [0.2, 0.25) is 0 Å². The third-order valence-corrected chi connectivity index (χ3v) is 2.98. The van der Waals surface area contributed by atoms with Gasteiger partial charge in [-0.05, 0) is 45.7 Å². The Balaban J connectivity index is 1.92. The first-order valence-electron chi connectivity index (χ1n) is 5.72. The number of rotatable bonds is 8. The molecule has 0 heterocycles. The molecular weight excluding hydrogens is 176 g/mol. The fourth-order valence-electron chi connectivity index (χ4n) is 1.43. The Bertz CT molecular complexity index is 148. The Morgan fingerprint density at radius 2 is 2.21 bits per heavy atom. The van der Waals surface area contributed by atoms with Gasteiger partial charge in [0.2, 0.25) is 0 Å². The predicted molar refractivity (Wildman–Crippen MR) is 59.3 cm³/mol. The van der Waals surface area contributed by atoms with Gasteiger partial charge in [-0.2, -0.15) is 0 Å². The van der Waals surface area contributed by atoms with Crippen LogP contribution in [0.3, 0.4) is 0 Å². The second kappa shape index (κ2) is 6.38. The molecule has 0 saturated heterocycles. The predicted octanol–water partition coefficient (Wildman–Crippen LogP) is 1.08. The zero-order valence-corrected chi connectivity index (χ0v) is 9.54. The molecule has 0 bridgehead atoms. The Labute approximate surface area is 87.6 Å². The standard InChI is InChI=1S/C11H24N2O/c1-10(5-6-12)13(2)7-8-14-9-11-3-4-11/h10-11H,3-9,12H2,1-2H3. The number of nitrogens with zero attached hydrogens (tertiary/aromatic N) is 1. The Morgan fingerprint density at radius 1 is 1.50 bits per heavy atom. The maximum Gasteiger partial charge on any atom is 0.0593 e. The first-order chi connectivity index (χ1) is 6.74. The van der Waals surface area contributed by atoms with Gasteiger partial charge >= 0.3 is 0 Å². The van der Waals surface area contributed by atoms with E-state index in [9.17, 15) is 0 Å². The molecule has 1 unspecified atom stereocenters. The van der Waals surface area contributed by atoms with Crippen LogP contribution in [-0.4, -0.2) is 44.3 Å². The molecule has 3 nitrogen and oxygen atoms in total. The van der Waals surface area contributed by atoms with Crippen molar-refractivity contribution in [3.63, 3.8) is 0 Å². The summed E-state index contributed by atoms with van der Waals surface area (Å²) in [7, 11) is 2.14. The average Bonchev–Trinajstić information content (AvgIpc) is 2.96. The molecule has 3 heteroatoms. The number of hydrogen-bond donors (Lipinski definition) is 1. The summed E-state index contributed by atoms with van der Waals surface area (Å²) < 4.78 is 5.58. The lowest BCUT2D eigenvalue weighted by atomic mass is 10.2. The number of nitrogens with two attached hydrogens (primary N) is 1. The molecule has 84 valence electrons. The second-order valence-corrected chi connectivity index (χ2v) is 4.43. The summed E-state index contributed by atoms with van der Waals surface area (Å²) in [6, 6.07) is 0.574. The maximum atomic E-state index is 5.58. The van der Waals surface area contributed by atoms with Gasteiger partial charge < -0.3 is 15.4 Å². The van der Waals surface area contributed by atoms with Gasteiger partial charge in [-0.15, -0.1) is 0 Å². The molecule has 1 aliphatic rings. The highest BCUT2D eigenvalue weighted by atomic mass is 16.5. The number of likely N-dealkylation sites (N-methyl/N-ethyl adjacent to an activating group) is 1. The van der Waals surface area contributed by atoms with E-state index in [2.05, 4.69) is 18.9 Å². The van der Waals surface area contributed by atoms with Gasteiger partial charge in [0.25, 0.3) is 0 Å². The van der Waals surface area contributed by atoms with Crippen molar-refractivity contribution in [2.24, 2.45) is 11.7 Å². The fourth-order valence-corrected chi connectivity index (χ4v) is 1.43. The highest BCUT2D eigenvalue weighted by Gasteiger charge is 2.21. The summed E-state index contributed by atoms with van der Waals surface area (Å²) >= 11 is 0. The molecular formula is C11H24N2O. The number of hydrogen-bond acceptors (Lipinski definition) is 3. The highest BCUT2D eigenvalue weighted by molar-refractivity contribution is 4.72. The zero-order chi connectivity index (χ0) is 10.4. The minimum Gasteiger partial charge on any atom is -0.380 e. The molecule has 0 spiro atoms. The molecule has 0 aliphatic heterocycles. The summed E-state index contributed by atoms with van der Waals surface area (Å²) in [5.41, 5.74) is 5.51. The van der Waals surface area contributed by atoms with Gasteiger partial charge in [0.15, 0.2) is 0 Å². The van der Waals surface area contributed by atoms with Crippen LogP contribution in [0.5, 0.6) is 0 Å². The van der Waals surface area contributed by atoms with Crippen LogP contribution in [-0.2, 0) is 4.74 Å². The van der Waals surface area contributed by atoms with E-state index >= 15 is 0 Å². The molecule has 1 fully saturated rings. The lowest BCUT2D eigenvalue weighted by Crippen LogP contribution is -2.33. The molecule has 0 radical (unpaired) electrons.